The maximum Gasteiger partial charge on any atom is 0.415 e. The molecule has 0 saturated carbocycles. The molecule has 96 valence electrons. The highest BCUT2D eigenvalue weighted by molar-refractivity contribution is 5.79. The van der Waals surface area contributed by atoms with E-state index in [0.717, 1.165) is 4.90 Å². The lowest BCUT2D eigenvalue weighted by atomic mass is 9.81. The number of alkyl halides is 3. The highest BCUT2D eigenvalue weighted by Gasteiger charge is 2.64. The minimum Gasteiger partial charge on any atom is -0.320 e. The van der Waals surface area contributed by atoms with E-state index in [9.17, 15) is 18.0 Å². The van der Waals surface area contributed by atoms with Gasteiger partial charge in [0.2, 0.25) is 5.91 Å². The van der Waals surface area contributed by atoms with Gasteiger partial charge in [0.1, 0.15) is 0 Å². The van der Waals surface area contributed by atoms with Crippen LogP contribution < -0.4 is 0 Å². The first-order chi connectivity index (χ1) is 8.47. The van der Waals surface area contributed by atoms with Crippen LogP contribution in [0.3, 0.4) is 0 Å². The van der Waals surface area contributed by atoms with Crippen molar-refractivity contribution in [1.82, 2.24) is 4.90 Å². The van der Waals surface area contributed by atoms with Gasteiger partial charge >= 0.3 is 6.18 Å². The molecule has 1 aromatic carbocycles. The largest absolute Gasteiger partial charge is 0.415 e. The number of rotatable bonds is 0. The maximum absolute atomic E-state index is 13.5. The number of nitrogens with zero attached hydrogens (tertiary/aromatic N) is 1. The lowest BCUT2D eigenvalue weighted by Crippen LogP contribution is -2.56. The van der Waals surface area contributed by atoms with E-state index in [1.807, 2.05) is 0 Å². The quantitative estimate of drug-likeness (QED) is 0.698. The number of hydrogen-bond donors (Lipinski definition) is 0. The van der Waals surface area contributed by atoms with Crippen molar-refractivity contribution in [2.45, 2.75) is 37.5 Å². The molecule has 0 radical (unpaired) electrons. The summed E-state index contributed by atoms with van der Waals surface area (Å²) in [5.74, 6) is -0.394. The fourth-order valence-electron chi connectivity index (χ4n) is 3.16. The first kappa shape index (κ1) is 11.6. The molecule has 1 fully saturated rings. The van der Waals surface area contributed by atoms with Crippen molar-refractivity contribution in [1.29, 1.82) is 0 Å². The normalized spacial score (nSPS) is 27.1. The summed E-state index contributed by atoms with van der Waals surface area (Å²) in [6, 6.07) is 6.50. The third kappa shape index (κ3) is 1.27. The van der Waals surface area contributed by atoms with E-state index in [1.54, 1.807) is 18.2 Å². The summed E-state index contributed by atoms with van der Waals surface area (Å²) < 4.78 is 40.6. The third-order valence-corrected chi connectivity index (χ3v) is 3.95. The van der Waals surface area contributed by atoms with Crippen molar-refractivity contribution in [3.63, 3.8) is 0 Å². The Labute approximate surface area is 102 Å². The molecule has 1 atom stereocenters. The zero-order valence-electron chi connectivity index (χ0n) is 9.63. The van der Waals surface area contributed by atoms with Gasteiger partial charge in [0.25, 0.3) is 0 Å². The van der Waals surface area contributed by atoms with Gasteiger partial charge in [0.05, 0.1) is 0 Å². The molecule has 5 heteroatoms. The van der Waals surface area contributed by atoms with Gasteiger partial charge < -0.3 is 4.90 Å². The topological polar surface area (TPSA) is 20.3 Å². The molecule has 1 amide bonds. The van der Waals surface area contributed by atoms with Crippen LogP contribution in [0, 0.1) is 0 Å². The fourth-order valence-corrected chi connectivity index (χ4v) is 3.16. The standard InChI is InChI=1S/C13H12F3NO/c14-13(15,16)12-7-3-6-11(18)17(12)8-9-4-1-2-5-10(9)12/h1-2,4-5H,3,6-8H2. The van der Waals surface area contributed by atoms with E-state index < -0.39 is 17.6 Å². The molecular formula is C13H12F3NO. The lowest BCUT2D eigenvalue weighted by molar-refractivity contribution is -0.241. The molecule has 1 saturated heterocycles. The summed E-state index contributed by atoms with van der Waals surface area (Å²) in [7, 11) is 0. The van der Waals surface area contributed by atoms with Gasteiger partial charge in [-0.05, 0) is 24.0 Å². The van der Waals surface area contributed by atoms with Crippen molar-refractivity contribution < 1.29 is 18.0 Å². The van der Waals surface area contributed by atoms with Crippen molar-refractivity contribution >= 4 is 5.91 Å². The van der Waals surface area contributed by atoms with Crippen LogP contribution in [0.4, 0.5) is 13.2 Å². The number of benzene rings is 1. The molecule has 2 heterocycles. The van der Waals surface area contributed by atoms with Crippen LogP contribution in [0.15, 0.2) is 24.3 Å². The number of carbonyl (C=O) groups excluding carboxylic acids is 1. The molecule has 2 aliphatic heterocycles. The Hall–Kier alpha value is -1.52. The van der Waals surface area contributed by atoms with E-state index in [1.165, 1.54) is 6.07 Å². The Bertz CT molecular complexity index is 511. The Kier molecular flexibility index (Phi) is 2.24. The van der Waals surface area contributed by atoms with Gasteiger partial charge in [0.15, 0.2) is 5.54 Å². The second-order valence-corrected chi connectivity index (χ2v) is 4.85. The molecule has 0 N–H and O–H groups in total. The predicted octanol–water partition coefficient (Wildman–Crippen LogP) is 2.97. The summed E-state index contributed by atoms with van der Waals surface area (Å²) in [4.78, 5) is 12.8. The average molecular weight is 255 g/mol. The summed E-state index contributed by atoms with van der Waals surface area (Å²) in [5.41, 5.74) is -1.21. The van der Waals surface area contributed by atoms with Gasteiger partial charge in [-0.15, -0.1) is 0 Å². The highest BCUT2D eigenvalue weighted by atomic mass is 19.4. The Morgan fingerprint density at radius 1 is 1.22 bits per heavy atom. The number of halogens is 3. The average Bonchev–Trinajstić information content (AvgIpc) is 2.66. The minimum atomic E-state index is -4.42. The zero-order chi connectivity index (χ0) is 13.0. The summed E-state index contributed by atoms with van der Waals surface area (Å²) in [6.07, 6.45) is -3.94. The Morgan fingerprint density at radius 3 is 2.67 bits per heavy atom. The molecule has 0 aliphatic carbocycles. The predicted molar refractivity (Wildman–Crippen MR) is 58.6 cm³/mol. The van der Waals surface area contributed by atoms with Gasteiger partial charge in [-0.2, -0.15) is 13.2 Å². The summed E-state index contributed by atoms with van der Waals surface area (Å²) in [5, 5.41) is 0. The SMILES string of the molecule is O=C1CCCC2(C(F)(F)F)c3ccccc3CN12. The van der Waals surface area contributed by atoms with Crippen LogP contribution in [0.1, 0.15) is 30.4 Å². The van der Waals surface area contributed by atoms with Crippen molar-refractivity contribution in [2.24, 2.45) is 0 Å². The summed E-state index contributed by atoms with van der Waals surface area (Å²) in [6.45, 7) is 0.0779. The van der Waals surface area contributed by atoms with Crippen LogP contribution in [-0.2, 0) is 16.9 Å². The van der Waals surface area contributed by atoms with E-state index in [4.69, 9.17) is 0 Å². The summed E-state index contributed by atoms with van der Waals surface area (Å²) >= 11 is 0. The number of amides is 1. The van der Waals surface area contributed by atoms with Crippen molar-refractivity contribution in [2.75, 3.05) is 0 Å². The second kappa shape index (κ2) is 3.49. The van der Waals surface area contributed by atoms with Crippen LogP contribution in [0.5, 0.6) is 0 Å². The molecule has 18 heavy (non-hydrogen) atoms. The molecule has 1 unspecified atom stereocenters. The van der Waals surface area contributed by atoms with Gasteiger partial charge in [0, 0.05) is 13.0 Å². The molecule has 2 aliphatic rings. The maximum atomic E-state index is 13.5. The molecule has 0 bridgehead atoms. The first-order valence-corrected chi connectivity index (χ1v) is 5.92. The monoisotopic (exact) mass is 255 g/mol. The zero-order valence-corrected chi connectivity index (χ0v) is 9.63. The van der Waals surface area contributed by atoms with Crippen molar-refractivity contribution in [3.8, 4) is 0 Å². The lowest BCUT2D eigenvalue weighted by Gasteiger charge is -2.43. The fraction of sp³-hybridized carbons (Fsp3) is 0.462. The van der Waals surface area contributed by atoms with E-state index in [0.29, 0.717) is 12.0 Å². The molecular weight excluding hydrogens is 243 g/mol. The van der Waals surface area contributed by atoms with Crippen LogP contribution in [0.2, 0.25) is 0 Å². The molecule has 2 nitrogen and oxygen atoms in total. The highest BCUT2D eigenvalue weighted by Crippen LogP contribution is 2.54. The number of carbonyl (C=O) groups is 1. The van der Waals surface area contributed by atoms with E-state index >= 15 is 0 Å². The molecule has 3 rings (SSSR count). The first-order valence-electron chi connectivity index (χ1n) is 5.92. The smallest absolute Gasteiger partial charge is 0.320 e. The number of hydrogen-bond acceptors (Lipinski definition) is 1. The Balaban J connectivity index is 2.23. The second-order valence-electron chi connectivity index (χ2n) is 4.85. The molecule has 1 aromatic rings. The Morgan fingerprint density at radius 2 is 1.94 bits per heavy atom. The number of piperidine rings is 1. The van der Waals surface area contributed by atoms with Crippen molar-refractivity contribution in [3.05, 3.63) is 35.4 Å². The van der Waals surface area contributed by atoms with Gasteiger partial charge in [-0.1, -0.05) is 24.3 Å². The van der Waals surface area contributed by atoms with Crippen LogP contribution >= 0.6 is 0 Å². The molecule has 0 spiro atoms. The number of fused-ring (bicyclic) bond motifs is 3. The van der Waals surface area contributed by atoms with Gasteiger partial charge in [-0.25, -0.2) is 0 Å². The van der Waals surface area contributed by atoms with E-state index in [-0.39, 0.29) is 24.9 Å². The third-order valence-electron chi connectivity index (χ3n) is 3.95. The molecule has 0 aromatic heterocycles. The van der Waals surface area contributed by atoms with Gasteiger partial charge in [-0.3, -0.25) is 4.79 Å². The minimum absolute atomic E-state index is 0.0285. The van der Waals surface area contributed by atoms with E-state index in [2.05, 4.69) is 0 Å². The van der Waals surface area contributed by atoms with Crippen LogP contribution in [0.25, 0.3) is 0 Å². The van der Waals surface area contributed by atoms with Crippen LogP contribution in [-0.4, -0.2) is 17.0 Å².